The van der Waals surface area contributed by atoms with Gasteiger partial charge in [-0.15, -0.1) is 0 Å². The Morgan fingerprint density at radius 2 is 1.61 bits per heavy atom. The molecule has 0 atom stereocenters. The standard InChI is InChI=1S/C26H22BrClN2O/c1-14-9-17(4)25-20(10-14)21(13-24(29-25)18-5-7-19(28)8-6-18)26(31)30-23-12-15(2)22(27)11-16(23)3/h5-13H,1-4H3,(H,30,31). The number of pyridine rings is 1. The molecule has 0 bridgehead atoms. The molecule has 0 aliphatic rings. The summed E-state index contributed by atoms with van der Waals surface area (Å²) in [5.41, 5.74) is 8.07. The van der Waals surface area contributed by atoms with Gasteiger partial charge >= 0.3 is 0 Å². The quantitative estimate of drug-likeness (QED) is 0.316. The molecular weight excluding hydrogens is 472 g/mol. The summed E-state index contributed by atoms with van der Waals surface area (Å²) in [7, 11) is 0. The molecule has 0 radical (unpaired) electrons. The van der Waals surface area contributed by atoms with Crippen LogP contribution >= 0.6 is 27.5 Å². The number of benzene rings is 3. The van der Waals surface area contributed by atoms with E-state index in [1.807, 2.05) is 76.2 Å². The fourth-order valence-corrected chi connectivity index (χ4v) is 4.33. The normalized spacial score (nSPS) is 11.0. The van der Waals surface area contributed by atoms with E-state index in [2.05, 4.69) is 27.3 Å². The number of amides is 1. The largest absolute Gasteiger partial charge is 0.322 e. The number of rotatable bonds is 3. The maximum absolute atomic E-state index is 13.5. The summed E-state index contributed by atoms with van der Waals surface area (Å²) in [5.74, 6) is -0.155. The van der Waals surface area contributed by atoms with Crippen LogP contribution in [0.25, 0.3) is 22.2 Å². The van der Waals surface area contributed by atoms with Crippen molar-refractivity contribution in [2.45, 2.75) is 27.7 Å². The monoisotopic (exact) mass is 492 g/mol. The molecule has 3 nitrogen and oxygen atoms in total. The molecule has 3 aromatic carbocycles. The molecule has 1 amide bonds. The lowest BCUT2D eigenvalue weighted by atomic mass is 9.99. The Kier molecular flexibility index (Phi) is 5.87. The number of hydrogen-bond acceptors (Lipinski definition) is 2. The predicted octanol–water partition coefficient (Wildman–Crippen LogP) is 7.80. The molecule has 156 valence electrons. The molecule has 0 aliphatic carbocycles. The number of aryl methyl sites for hydroxylation is 4. The van der Waals surface area contributed by atoms with Gasteiger partial charge in [-0.05, 0) is 80.8 Å². The minimum atomic E-state index is -0.155. The molecule has 1 N–H and O–H groups in total. The average Bonchev–Trinajstić information content (AvgIpc) is 2.72. The van der Waals surface area contributed by atoms with Gasteiger partial charge in [0.15, 0.2) is 0 Å². The Labute approximate surface area is 195 Å². The molecule has 0 unspecified atom stereocenters. The van der Waals surface area contributed by atoms with E-state index >= 15 is 0 Å². The number of aromatic nitrogens is 1. The van der Waals surface area contributed by atoms with E-state index in [-0.39, 0.29) is 5.91 Å². The van der Waals surface area contributed by atoms with Crippen molar-refractivity contribution in [3.8, 4) is 11.3 Å². The Morgan fingerprint density at radius 1 is 0.903 bits per heavy atom. The van der Waals surface area contributed by atoms with Gasteiger partial charge in [-0.2, -0.15) is 0 Å². The zero-order chi connectivity index (χ0) is 22.3. The van der Waals surface area contributed by atoms with Gasteiger partial charge in [0.05, 0.1) is 16.8 Å². The third-order valence-electron chi connectivity index (χ3n) is 5.39. The Balaban J connectivity index is 1.88. The summed E-state index contributed by atoms with van der Waals surface area (Å²) in [4.78, 5) is 18.3. The van der Waals surface area contributed by atoms with Crippen LogP contribution in [0.5, 0.6) is 0 Å². The highest BCUT2D eigenvalue weighted by molar-refractivity contribution is 9.10. The molecule has 4 rings (SSSR count). The van der Waals surface area contributed by atoms with E-state index in [1.165, 1.54) is 0 Å². The van der Waals surface area contributed by atoms with Gasteiger partial charge < -0.3 is 5.32 Å². The van der Waals surface area contributed by atoms with Crippen molar-refractivity contribution in [2.24, 2.45) is 0 Å². The molecule has 31 heavy (non-hydrogen) atoms. The fraction of sp³-hybridized carbons (Fsp3) is 0.154. The third-order valence-corrected chi connectivity index (χ3v) is 6.49. The van der Waals surface area contributed by atoms with Crippen molar-refractivity contribution in [1.29, 1.82) is 0 Å². The minimum absolute atomic E-state index is 0.155. The van der Waals surface area contributed by atoms with Crippen LogP contribution in [-0.4, -0.2) is 10.9 Å². The highest BCUT2D eigenvalue weighted by Gasteiger charge is 2.17. The Hall–Kier alpha value is -2.69. The summed E-state index contributed by atoms with van der Waals surface area (Å²) in [6.07, 6.45) is 0. The first kappa shape index (κ1) is 21.5. The molecule has 0 saturated heterocycles. The molecule has 5 heteroatoms. The smallest absolute Gasteiger partial charge is 0.256 e. The van der Waals surface area contributed by atoms with Crippen molar-refractivity contribution in [3.05, 3.63) is 91.9 Å². The summed E-state index contributed by atoms with van der Waals surface area (Å²) in [6, 6.07) is 17.5. The van der Waals surface area contributed by atoms with Gasteiger partial charge in [0.1, 0.15) is 0 Å². The third kappa shape index (κ3) is 4.36. The van der Waals surface area contributed by atoms with Crippen LogP contribution in [0.3, 0.4) is 0 Å². The van der Waals surface area contributed by atoms with E-state index in [4.69, 9.17) is 16.6 Å². The Morgan fingerprint density at radius 3 is 2.32 bits per heavy atom. The van der Waals surface area contributed by atoms with E-state index in [0.29, 0.717) is 10.6 Å². The van der Waals surface area contributed by atoms with Crippen LogP contribution in [-0.2, 0) is 0 Å². The maximum atomic E-state index is 13.5. The van der Waals surface area contributed by atoms with Crippen LogP contribution < -0.4 is 5.32 Å². The van der Waals surface area contributed by atoms with E-state index < -0.39 is 0 Å². The fourth-order valence-electron chi connectivity index (χ4n) is 3.74. The molecular formula is C26H22BrClN2O. The number of nitrogens with one attached hydrogen (secondary N) is 1. The number of halogens is 2. The van der Waals surface area contributed by atoms with Crippen LogP contribution in [0.15, 0.2) is 59.1 Å². The van der Waals surface area contributed by atoms with Crippen LogP contribution in [0.2, 0.25) is 5.02 Å². The first-order valence-corrected chi connectivity index (χ1v) is 11.2. The topological polar surface area (TPSA) is 42.0 Å². The second-order valence-electron chi connectivity index (χ2n) is 7.91. The van der Waals surface area contributed by atoms with E-state index in [9.17, 15) is 4.79 Å². The molecule has 0 saturated carbocycles. The summed E-state index contributed by atoms with van der Waals surface area (Å²) < 4.78 is 1.02. The van der Waals surface area contributed by atoms with E-state index in [1.54, 1.807) is 0 Å². The Bertz CT molecular complexity index is 1330. The van der Waals surface area contributed by atoms with Crippen LogP contribution in [0.4, 0.5) is 5.69 Å². The van der Waals surface area contributed by atoms with Crippen LogP contribution in [0.1, 0.15) is 32.6 Å². The van der Waals surface area contributed by atoms with Crippen LogP contribution in [0, 0.1) is 27.7 Å². The maximum Gasteiger partial charge on any atom is 0.256 e. The minimum Gasteiger partial charge on any atom is -0.322 e. The second kappa shape index (κ2) is 8.45. The lowest BCUT2D eigenvalue weighted by Crippen LogP contribution is -2.14. The average molecular weight is 494 g/mol. The van der Waals surface area contributed by atoms with Gasteiger partial charge in [0.2, 0.25) is 0 Å². The number of hydrogen-bond donors (Lipinski definition) is 1. The zero-order valence-electron chi connectivity index (χ0n) is 17.8. The number of anilines is 1. The lowest BCUT2D eigenvalue weighted by molar-refractivity contribution is 0.102. The number of carbonyl (C=O) groups excluding carboxylic acids is 1. The highest BCUT2D eigenvalue weighted by atomic mass is 79.9. The van der Waals surface area contributed by atoms with Crippen molar-refractivity contribution >= 4 is 50.0 Å². The van der Waals surface area contributed by atoms with Gasteiger partial charge in [-0.3, -0.25) is 4.79 Å². The second-order valence-corrected chi connectivity index (χ2v) is 9.20. The first-order valence-electron chi connectivity index (χ1n) is 9.99. The molecule has 0 fully saturated rings. The summed E-state index contributed by atoms with van der Waals surface area (Å²) >= 11 is 9.61. The van der Waals surface area contributed by atoms with E-state index in [0.717, 1.165) is 54.6 Å². The van der Waals surface area contributed by atoms with Crippen molar-refractivity contribution in [1.82, 2.24) is 4.98 Å². The van der Waals surface area contributed by atoms with Gasteiger partial charge in [0, 0.05) is 26.1 Å². The first-order chi connectivity index (χ1) is 14.7. The van der Waals surface area contributed by atoms with Crippen molar-refractivity contribution < 1.29 is 4.79 Å². The van der Waals surface area contributed by atoms with Gasteiger partial charge in [0.25, 0.3) is 5.91 Å². The van der Waals surface area contributed by atoms with Gasteiger partial charge in [-0.25, -0.2) is 4.98 Å². The number of nitrogens with zero attached hydrogens (tertiary/aromatic N) is 1. The molecule has 1 aromatic heterocycles. The lowest BCUT2D eigenvalue weighted by Gasteiger charge is -2.15. The SMILES string of the molecule is Cc1cc(C)c2nc(-c3ccc(Cl)cc3)cc(C(=O)Nc3cc(C)c(Br)cc3C)c2c1. The molecule has 0 aliphatic heterocycles. The zero-order valence-corrected chi connectivity index (χ0v) is 20.1. The van der Waals surface area contributed by atoms with Crippen molar-refractivity contribution in [2.75, 3.05) is 5.32 Å². The molecule has 0 spiro atoms. The number of fused-ring (bicyclic) bond motifs is 1. The van der Waals surface area contributed by atoms with Gasteiger partial charge in [-0.1, -0.05) is 51.3 Å². The summed E-state index contributed by atoms with van der Waals surface area (Å²) in [6.45, 7) is 8.05. The predicted molar refractivity (Wildman–Crippen MR) is 133 cm³/mol. The summed E-state index contributed by atoms with van der Waals surface area (Å²) in [5, 5.41) is 4.61. The van der Waals surface area contributed by atoms with Crippen molar-refractivity contribution in [3.63, 3.8) is 0 Å². The molecule has 4 aromatic rings. The highest BCUT2D eigenvalue weighted by Crippen LogP contribution is 2.30. The molecule has 1 heterocycles. The number of carbonyl (C=O) groups is 1.